The molecule has 0 saturated heterocycles. The lowest BCUT2D eigenvalue weighted by Crippen LogP contribution is -1.96. The molecule has 1 heterocycles. The highest BCUT2D eigenvalue weighted by Gasteiger charge is 2.06. The molecule has 0 aliphatic carbocycles. The molecule has 0 radical (unpaired) electrons. The molecule has 2 aromatic carbocycles. The Labute approximate surface area is 160 Å². The van der Waals surface area contributed by atoms with E-state index in [1.54, 1.807) is 31.4 Å². The van der Waals surface area contributed by atoms with Crippen LogP contribution in [-0.2, 0) is 6.61 Å². The summed E-state index contributed by atoms with van der Waals surface area (Å²) >= 11 is 3.35. The average Bonchev–Trinajstić information content (AvgIpc) is 3.13. The number of halogens is 1. The van der Waals surface area contributed by atoms with E-state index in [2.05, 4.69) is 15.9 Å². The lowest BCUT2D eigenvalue weighted by Gasteiger charge is -2.08. The van der Waals surface area contributed by atoms with Crippen molar-refractivity contribution in [2.75, 3.05) is 7.11 Å². The predicted octanol–water partition coefficient (Wildman–Crippen LogP) is 5.53. The van der Waals surface area contributed by atoms with Crippen molar-refractivity contribution in [3.8, 4) is 11.5 Å². The van der Waals surface area contributed by atoms with Crippen LogP contribution in [0.15, 0.2) is 75.6 Å². The first-order chi connectivity index (χ1) is 12.7. The third-order valence-corrected chi connectivity index (χ3v) is 4.18. The second-order valence-electron chi connectivity index (χ2n) is 5.45. The molecule has 0 atom stereocenters. The number of hydrogen-bond acceptors (Lipinski definition) is 4. The monoisotopic (exact) mass is 412 g/mol. The number of carbonyl (C=O) groups is 1. The summed E-state index contributed by atoms with van der Waals surface area (Å²) in [6, 6.07) is 18.2. The molecule has 0 N–H and O–H groups in total. The first kappa shape index (κ1) is 18.0. The maximum atomic E-state index is 12.1. The number of methoxy groups -OCH3 is 1. The summed E-state index contributed by atoms with van der Waals surface area (Å²) < 4.78 is 17.6. The van der Waals surface area contributed by atoms with Crippen molar-refractivity contribution in [3.63, 3.8) is 0 Å². The van der Waals surface area contributed by atoms with E-state index in [0.29, 0.717) is 28.6 Å². The van der Waals surface area contributed by atoms with E-state index in [-0.39, 0.29) is 12.4 Å². The molecule has 0 aliphatic heterocycles. The number of ketones is 1. The lowest BCUT2D eigenvalue weighted by molar-refractivity contribution is 0.104. The number of benzene rings is 2. The van der Waals surface area contributed by atoms with Gasteiger partial charge in [0.2, 0.25) is 0 Å². The molecule has 3 rings (SSSR count). The summed E-state index contributed by atoms with van der Waals surface area (Å²) in [4.78, 5) is 12.1. The van der Waals surface area contributed by atoms with Crippen LogP contribution in [0.4, 0.5) is 0 Å². The van der Waals surface area contributed by atoms with E-state index in [1.807, 2.05) is 42.5 Å². The van der Waals surface area contributed by atoms with Crippen LogP contribution >= 0.6 is 15.9 Å². The molecule has 3 aromatic rings. The van der Waals surface area contributed by atoms with Crippen molar-refractivity contribution < 1.29 is 18.7 Å². The Bertz CT molecular complexity index is 910. The van der Waals surface area contributed by atoms with E-state index in [9.17, 15) is 4.79 Å². The number of para-hydroxylation sites is 2. The van der Waals surface area contributed by atoms with Crippen LogP contribution < -0.4 is 9.47 Å². The van der Waals surface area contributed by atoms with Gasteiger partial charge in [0, 0.05) is 10.0 Å². The topological polar surface area (TPSA) is 48.7 Å². The van der Waals surface area contributed by atoms with Crippen molar-refractivity contribution in [1.29, 1.82) is 0 Å². The van der Waals surface area contributed by atoms with Crippen LogP contribution in [0.5, 0.6) is 11.5 Å². The largest absolute Gasteiger partial charge is 0.493 e. The van der Waals surface area contributed by atoms with Crippen LogP contribution in [0.25, 0.3) is 6.08 Å². The second kappa shape index (κ2) is 8.54. The zero-order valence-electron chi connectivity index (χ0n) is 14.1. The summed E-state index contributed by atoms with van der Waals surface area (Å²) in [6.07, 6.45) is 3.14. The average molecular weight is 413 g/mol. The van der Waals surface area contributed by atoms with Crippen LogP contribution in [0.1, 0.15) is 21.9 Å². The van der Waals surface area contributed by atoms with Gasteiger partial charge in [0.25, 0.3) is 0 Å². The zero-order chi connectivity index (χ0) is 18.4. The van der Waals surface area contributed by atoms with Gasteiger partial charge < -0.3 is 13.9 Å². The molecular formula is C21H17BrO4. The van der Waals surface area contributed by atoms with Gasteiger partial charge in [-0.2, -0.15) is 0 Å². The molecule has 0 bridgehead atoms. The minimum atomic E-state index is -0.0827. The molecule has 1 aromatic heterocycles. The number of furan rings is 1. The Morgan fingerprint density at radius 2 is 1.77 bits per heavy atom. The standard InChI is InChI=1S/C21H17BrO4/c1-24-20-4-2-3-5-21(20)25-14-18-11-10-17(26-18)12-13-19(23)15-6-8-16(22)9-7-15/h2-13H,14H2,1H3/b13-12+. The van der Waals surface area contributed by atoms with Gasteiger partial charge in [0.1, 0.15) is 18.1 Å². The van der Waals surface area contributed by atoms with Gasteiger partial charge in [-0.15, -0.1) is 0 Å². The Morgan fingerprint density at radius 1 is 1.04 bits per heavy atom. The number of carbonyl (C=O) groups excluding carboxylic acids is 1. The fraction of sp³-hybridized carbons (Fsp3) is 0.0952. The maximum Gasteiger partial charge on any atom is 0.185 e. The van der Waals surface area contributed by atoms with Crippen molar-refractivity contribution in [1.82, 2.24) is 0 Å². The highest BCUT2D eigenvalue weighted by molar-refractivity contribution is 9.10. The van der Waals surface area contributed by atoms with Gasteiger partial charge >= 0.3 is 0 Å². The van der Waals surface area contributed by atoms with Crippen molar-refractivity contribution in [3.05, 3.63) is 88.3 Å². The number of hydrogen-bond donors (Lipinski definition) is 0. The zero-order valence-corrected chi connectivity index (χ0v) is 15.7. The third kappa shape index (κ3) is 4.64. The summed E-state index contributed by atoms with van der Waals surface area (Å²) in [7, 11) is 1.60. The van der Waals surface area contributed by atoms with Crippen molar-refractivity contribution >= 4 is 27.8 Å². The van der Waals surface area contributed by atoms with E-state index in [0.717, 1.165) is 4.47 Å². The smallest absolute Gasteiger partial charge is 0.185 e. The van der Waals surface area contributed by atoms with E-state index >= 15 is 0 Å². The van der Waals surface area contributed by atoms with Crippen molar-refractivity contribution in [2.45, 2.75) is 6.61 Å². The Morgan fingerprint density at radius 3 is 2.50 bits per heavy atom. The summed E-state index contributed by atoms with van der Waals surface area (Å²) in [5.41, 5.74) is 0.621. The minimum Gasteiger partial charge on any atom is -0.493 e. The van der Waals surface area contributed by atoms with E-state index in [1.165, 1.54) is 6.08 Å². The Hall–Kier alpha value is -2.79. The molecule has 0 aliphatic rings. The highest BCUT2D eigenvalue weighted by Crippen LogP contribution is 2.27. The van der Waals surface area contributed by atoms with Crippen molar-refractivity contribution in [2.24, 2.45) is 0 Å². The lowest BCUT2D eigenvalue weighted by atomic mass is 10.1. The van der Waals surface area contributed by atoms with Gasteiger partial charge in [-0.1, -0.05) is 28.1 Å². The van der Waals surface area contributed by atoms with Gasteiger partial charge in [-0.25, -0.2) is 0 Å². The van der Waals surface area contributed by atoms with Crippen LogP contribution in [0, 0.1) is 0 Å². The van der Waals surface area contributed by atoms with Crippen LogP contribution in [-0.4, -0.2) is 12.9 Å². The number of ether oxygens (including phenoxy) is 2. The Kier molecular flexibility index (Phi) is 5.92. The predicted molar refractivity (Wildman–Crippen MR) is 104 cm³/mol. The third-order valence-electron chi connectivity index (χ3n) is 3.65. The summed E-state index contributed by atoms with van der Waals surface area (Å²) in [5, 5.41) is 0. The molecule has 26 heavy (non-hydrogen) atoms. The van der Waals surface area contributed by atoms with Crippen LogP contribution in [0.3, 0.4) is 0 Å². The molecule has 0 amide bonds. The van der Waals surface area contributed by atoms with E-state index in [4.69, 9.17) is 13.9 Å². The quantitative estimate of drug-likeness (QED) is 0.378. The van der Waals surface area contributed by atoms with Gasteiger partial charge in [-0.3, -0.25) is 4.79 Å². The SMILES string of the molecule is COc1ccccc1OCc1ccc(/C=C/C(=O)c2ccc(Br)cc2)o1. The summed E-state index contributed by atoms with van der Waals surface area (Å²) in [5.74, 6) is 2.48. The molecule has 0 spiro atoms. The molecule has 132 valence electrons. The van der Waals surface area contributed by atoms with Gasteiger partial charge in [0.15, 0.2) is 17.3 Å². The normalized spacial score (nSPS) is 10.8. The molecule has 0 fully saturated rings. The highest BCUT2D eigenvalue weighted by atomic mass is 79.9. The first-order valence-corrected chi connectivity index (χ1v) is 8.77. The number of rotatable bonds is 7. The van der Waals surface area contributed by atoms with Gasteiger partial charge in [0.05, 0.1) is 7.11 Å². The molecule has 0 unspecified atom stereocenters. The maximum absolute atomic E-state index is 12.1. The number of allylic oxidation sites excluding steroid dienone is 1. The fourth-order valence-electron chi connectivity index (χ4n) is 2.32. The van der Waals surface area contributed by atoms with E-state index < -0.39 is 0 Å². The fourth-order valence-corrected chi connectivity index (χ4v) is 2.58. The molecule has 4 nitrogen and oxygen atoms in total. The molecular weight excluding hydrogens is 396 g/mol. The minimum absolute atomic E-state index is 0.0827. The molecule has 0 saturated carbocycles. The Balaban J connectivity index is 1.60. The molecule has 5 heteroatoms. The summed E-state index contributed by atoms with van der Waals surface area (Å²) in [6.45, 7) is 0.273. The second-order valence-corrected chi connectivity index (χ2v) is 6.36. The first-order valence-electron chi connectivity index (χ1n) is 7.98. The van der Waals surface area contributed by atoms with Gasteiger partial charge in [-0.05, 0) is 60.7 Å². The van der Waals surface area contributed by atoms with Crippen LogP contribution in [0.2, 0.25) is 0 Å².